The smallest absolute Gasteiger partial charge is 0.0874 e. The average Bonchev–Trinajstić information content (AvgIpc) is 2.02. The van der Waals surface area contributed by atoms with Crippen molar-refractivity contribution in [1.82, 2.24) is 5.32 Å². The number of aliphatic hydroxyl groups is 1. The highest BCUT2D eigenvalue weighted by Gasteiger charge is 2.24. The number of hydrogen-bond donors (Lipinski definition) is 2. The molecule has 2 N–H and O–H groups in total. The summed E-state index contributed by atoms with van der Waals surface area (Å²) in [6, 6.07) is 0.490. The maximum absolute atomic E-state index is 9.85. The van der Waals surface area contributed by atoms with Gasteiger partial charge in [-0.15, -0.1) is 0 Å². The number of nitrogens with one attached hydrogen (secondary N) is 1. The molecule has 3 nitrogen and oxygen atoms in total. The molecular formula is C11H25NO2. The van der Waals surface area contributed by atoms with Crippen LogP contribution in [0.25, 0.3) is 0 Å². The monoisotopic (exact) mass is 203 g/mol. The summed E-state index contributed by atoms with van der Waals surface area (Å²) in [5, 5.41) is 13.1. The maximum atomic E-state index is 9.85. The summed E-state index contributed by atoms with van der Waals surface area (Å²) < 4.78 is 5.40. The van der Waals surface area contributed by atoms with Crippen molar-refractivity contribution in [3.05, 3.63) is 0 Å². The Morgan fingerprint density at radius 3 is 2.29 bits per heavy atom. The van der Waals surface area contributed by atoms with Crippen LogP contribution in [0.5, 0.6) is 0 Å². The van der Waals surface area contributed by atoms with Gasteiger partial charge in [0.25, 0.3) is 0 Å². The van der Waals surface area contributed by atoms with Crippen LogP contribution in [0.3, 0.4) is 0 Å². The van der Waals surface area contributed by atoms with Gasteiger partial charge < -0.3 is 15.2 Å². The van der Waals surface area contributed by atoms with E-state index in [1.54, 1.807) is 0 Å². The van der Waals surface area contributed by atoms with Crippen molar-refractivity contribution < 1.29 is 9.84 Å². The first-order valence-electron chi connectivity index (χ1n) is 5.39. The maximum Gasteiger partial charge on any atom is 0.0874 e. The summed E-state index contributed by atoms with van der Waals surface area (Å²) in [6.45, 7) is 11.9. The fourth-order valence-corrected chi connectivity index (χ4v) is 0.865. The van der Waals surface area contributed by atoms with Crippen LogP contribution in [0.15, 0.2) is 0 Å². The highest BCUT2D eigenvalue weighted by atomic mass is 16.5. The van der Waals surface area contributed by atoms with E-state index in [2.05, 4.69) is 19.2 Å². The number of ether oxygens (including phenoxy) is 1. The van der Waals surface area contributed by atoms with Gasteiger partial charge in [-0.25, -0.2) is 0 Å². The van der Waals surface area contributed by atoms with Gasteiger partial charge in [0.1, 0.15) is 0 Å². The Morgan fingerprint density at radius 2 is 1.86 bits per heavy atom. The molecule has 0 amide bonds. The van der Waals surface area contributed by atoms with E-state index in [1.165, 1.54) is 0 Å². The minimum atomic E-state index is -0.710. The molecule has 0 fully saturated rings. The first kappa shape index (κ1) is 13.9. The number of hydrogen-bond acceptors (Lipinski definition) is 3. The second-order valence-corrected chi connectivity index (χ2v) is 4.67. The largest absolute Gasteiger partial charge is 0.388 e. The summed E-state index contributed by atoms with van der Waals surface area (Å²) in [4.78, 5) is 0. The van der Waals surface area contributed by atoms with Gasteiger partial charge in [-0.05, 0) is 12.8 Å². The van der Waals surface area contributed by atoms with Crippen LogP contribution in [0.2, 0.25) is 0 Å². The second-order valence-electron chi connectivity index (χ2n) is 4.67. The third-order valence-electron chi connectivity index (χ3n) is 2.44. The van der Waals surface area contributed by atoms with Gasteiger partial charge in [0, 0.05) is 12.6 Å². The molecule has 0 aliphatic carbocycles. The van der Waals surface area contributed by atoms with Crippen LogP contribution in [0.1, 0.15) is 34.6 Å². The Morgan fingerprint density at radius 1 is 1.29 bits per heavy atom. The zero-order valence-electron chi connectivity index (χ0n) is 10.1. The van der Waals surface area contributed by atoms with E-state index < -0.39 is 5.60 Å². The van der Waals surface area contributed by atoms with E-state index in [0.29, 0.717) is 19.3 Å². The van der Waals surface area contributed by atoms with Crippen molar-refractivity contribution in [3.8, 4) is 0 Å². The van der Waals surface area contributed by atoms with Gasteiger partial charge >= 0.3 is 0 Å². The molecule has 0 aliphatic heterocycles. The molecule has 1 unspecified atom stereocenters. The molecular weight excluding hydrogens is 178 g/mol. The highest BCUT2D eigenvalue weighted by molar-refractivity contribution is 4.75. The number of rotatable bonds is 7. The molecule has 0 radical (unpaired) electrons. The first-order valence-corrected chi connectivity index (χ1v) is 5.39. The topological polar surface area (TPSA) is 41.5 Å². The van der Waals surface area contributed by atoms with Crippen LogP contribution in [0, 0.1) is 5.92 Å². The van der Waals surface area contributed by atoms with Crippen LogP contribution in [-0.2, 0) is 4.74 Å². The van der Waals surface area contributed by atoms with Crippen molar-refractivity contribution in [2.45, 2.75) is 46.3 Å². The second kappa shape index (κ2) is 6.38. The van der Waals surface area contributed by atoms with E-state index in [1.807, 2.05) is 20.8 Å². The van der Waals surface area contributed by atoms with Gasteiger partial charge in [0.05, 0.1) is 18.8 Å². The normalized spacial score (nSPS) is 16.3. The van der Waals surface area contributed by atoms with E-state index in [0.717, 1.165) is 6.54 Å². The summed E-state index contributed by atoms with van der Waals surface area (Å²) >= 11 is 0. The Hall–Kier alpha value is -0.120. The Labute approximate surface area is 87.8 Å². The molecule has 3 heteroatoms. The van der Waals surface area contributed by atoms with Crippen molar-refractivity contribution in [2.75, 3.05) is 19.8 Å². The predicted octanol–water partition coefficient (Wildman–Crippen LogP) is 1.41. The zero-order valence-corrected chi connectivity index (χ0v) is 10.1. The Bertz CT molecular complexity index is 144. The minimum absolute atomic E-state index is 0.223. The average molecular weight is 203 g/mol. The molecule has 0 saturated carbocycles. The summed E-state index contributed by atoms with van der Waals surface area (Å²) in [5.41, 5.74) is -0.710. The standard InChI is InChI=1S/C11H25NO2/c1-9(2)11(5,13)8-14-7-6-12-10(3)4/h9-10,12-13H,6-8H2,1-5H3. The van der Waals surface area contributed by atoms with Crippen LogP contribution in [0.4, 0.5) is 0 Å². The molecule has 0 heterocycles. The molecule has 0 saturated heterocycles. The van der Waals surface area contributed by atoms with E-state index in [4.69, 9.17) is 4.74 Å². The highest BCUT2D eigenvalue weighted by Crippen LogP contribution is 2.15. The van der Waals surface area contributed by atoms with Crippen molar-refractivity contribution in [3.63, 3.8) is 0 Å². The molecule has 14 heavy (non-hydrogen) atoms. The fourth-order valence-electron chi connectivity index (χ4n) is 0.865. The molecule has 0 aromatic carbocycles. The molecule has 1 atom stereocenters. The molecule has 0 aliphatic rings. The third-order valence-corrected chi connectivity index (χ3v) is 2.44. The third kappa shape index (κ3) is 6.35. The Kier molecular flexibility index (Phi) is 6.33. The summed E-state index contributed by atoms with van der Waals surface area (Å²) in [6.07, 6.45) is 0. The lowest BCUT2D eigenvalue weighted by atomic mass is 9.94. The SMILES string of the molecule is CC(C)NCCOCC(C)(O)C(C)C. The molecule has 0 aromatic rings. The minimum Gasteiger partial charge on any atom is -0.388 e. The lowest BCUT2D eigenvalue weighted by molar-refractivity contribution is -0.0622. The van der Waals surface area contributed by atoms with Crippen LogP contribution in [-0.4, -0.2) is 36.5 Å². The lowest BCUT2D eigenvalue weighted by Crippen LogP contribution is -2.37. The zero-order chi connectivity index (χ0) is 11.2. The molecule has 0 aromatic heterocycles. The van der Waals surface area contributed by atoms with E-state index >= 15 is 0 Å². The molecule has 0 spiro atoms. The van der Waals surface area contributed by atoms with Gasteiger partial charge in [0.15, 0.2) is 0 Å². The van der Waals surface area contributed by atoms with Gasteiger partial charge in [-0.3, -0.25) is 0 Å². The summed E-state index contributed by atoms with van der Waals surface area (Å²) in [7, 11) is 0. The Balaban J connectivity index is 3.45. The lowest BCUT2D eigenvalue weighted by Gasteiger charge is -2.27. The van der Waals surface area contributed by atoms with Crippen LogP contribution < -0.4 is 5.32 Å². The van der Waals surface area contributed by atoms with E-state index in [9.17, 15) is 5.11 Å². The molecule has 0 rings (SSSR count). The summed E-state index contributed by atoms with van der Waals surface area (Å²) in [5.74, 6) is 0.223. The van der Waals surface area contributed by atoms with E-state index in [-0.39, 0.29) is 5.92 Å². The predicted molar refractivity (Wildman–Crippen MR) is 59.4 cm³/mol. The molecule has 0 bridgehead atoms. The molecule has 86 valence electrons. The van der Waals surface area contributed by atoms with Crippen LogP contribution >= 0.6 is 0 Å². The van der Waals surface area contributed by atoms with Crippen molar-refractivity contribution >= 4 is 0 Å². The first-order chi connectivity index (χ1) is 6.36. The van der Waals surface area contributed by atoms with Gasteiger partial charge in [0.2, 0.25) is 0 Å². The quantitative estimate of drug-likeness (QED) is 0.615. The van der Waals surface area contributed by atoms with Gasteiger partial charge in [-0.2, -0.15) is 0 Å². The van der Waals surface area contributed by atoms with Crippen molar-refractivity contribution in [1.29, 1.82) is 0 Å². The van der Waals surface area contributed by atoms with Crippen molar-refractivity contribution in [2.24, 2.45) is 5.92 Å². The fraction of sp³-hybridized carbons (Fsp3) is 1.00. The van der Waals surface area contributed by atoms with Gasteiger partial charge in [-0.1, -0.05) is 27.7 Å².